The van der Waals surface area contributed by atoms with Crippen LogP contribution in [0.2, 0.25) is 0 Å². The summed E-state index contributed by atoms with van der Waals surface area (Å²) in [5.74, 6) is -2.33. The zero-order valence-corrected chi connectivity index (χ0v) is 10.6. The average Bonchev–Trinajstić information content (AvgIpc) is 2.77. The second kappa shape index (κ2) is 6.11. The zero-order chi connectivity index (χ0) is 12.4. The standard InChI is InChI=1S/C12H13F2NO2.ClH/c1-17-12(16)10-6-15-5-9(10)8-3-2-7(13)4-11(8)14;/h2-4,9-10,15H,5-6H2,1H3;1H/t9-,10+;/m0./s1. The lowest BCUT2D eigenvalue weighted by Crippen LogP contribution is -2.23. The maximum absolute atomic E-state index is 13.6. The summed E-state index contributed by atoms with van der Waals surface area (Å²) in [7, 11) is 1.30. The fourth-order valence-corrected chi connectivity index (χ4v) is 2.21. The lowest BCUT2D eigenvalue weighted by atomic mass is 9.88. The van der Waals surface area contributed by atoms with E-state index >= 15 is 0 Å². The van der Waals surface area contributed by atoms with Crippen molar-refractivity contribution in [2.45, 2.75) is 5.92 Å². The van der Waals surface area contributed by atoms with Crippen LogP contribution in [0.25, 0.3) is 0 Å². The third kappa shape index (κ3) is 2.79. The summed E-state index contributed by atoms with van der Waals surface area (Å²) in [5, 5.41) is 3.02. The normalized spacial score (nSPS) is 22.4. The van der Waals surface area contributed by atoms with Crippen LogP contribution >= 0.6 is 12.4 Å². The molecule has 0 radical (unpaired) electrons. The van der Waals surface area contributed by atoms with Gasteiger partial charge in [-0.25, -0.2) is 8.78 Å². The van der Waals surface area contributed by atoms with Crippen molar-refractivity contribution in [1.82, 2.24) is 5.32 Å². The Balaban J connectivity index is 0.00000162. The van der Waals surface area contributed by atoms with Gasteiger partial charge in [-0.2, -0.15) is 0 Å². The van der Waals surface area contributed by atoms with Crippen LogP contribution in [0.4, 0.5) is 8.78 Å². The third-order valence-electron chi connectivity index (χ3n) is 3.08. The highest BCUT2D eigenvalue weighted by Gasteiger charge is 2.36. The maximum atomic E-state index is 13.6. The Hall–Kier alpha value is -1.20. The van der Waals surface area contributed by atoms with Gasteiger partial charge in [-0.05, 0) is 11.6 Å². The van der Waals surface area contributed by atoms with Gasteiger partial charge in [0.15, 0.2) is 0 Å². The molecule has 1 aromatic carbocycles. The van der Waals surface area contributed by atoms with Gasteiger partial charge in [0.2, 0.25) is 0 Å². The molecule has 6 heteroatoms. The van der Waals surface area contributed by atoms with E-state index in [-0.39, 0.29) is 24.3 Å². The molecule has 1 N–H and O–H groups in total. The van der Waals surface area contributed by atoms with Gasteiger partial charge in [-0.15, -0.1) is 12.4 Å². The van der Waals surface area contributed by atoms with Crippen molar-refractivity contribution in [1.29, 1.82) is 0 Å². The fourth-order valence-electron chi connectivity index (χ4n) is 2.21. The summed E-state index contributed by atoms with van der Waals surface area (Å²) in [5.41, 5.74) is 0.354. The molecule has 0 unspecified atom stereocenters. The molecule has 100 valence electrons. The molecule has 1 aliphatic heterocycles. The minimum absolute atomic E-state index is 0. The monoisotopic (exact) mass is 277 g/mol. The molecule has 2 atom stereocenters. The SMILES string of the molecule is COC(=O)[C@@H]1CNC[C@H]1c1ccc(F)cc1F.Cl. The van der Waals surface area contributed by atoms with Crippen molar-refractivity contribution in [2.75, 3.05) is 20.2 Å². The van der Waals surface area contributed by atoms with Crippen LogP contribution in [0, 0.1) is 17.6 Å². The quantitative estimate of drug-likeness (QED) is 0.839. The molecule has 18 heavy (non-hydrogen) atoms. The van der Waals surface area contributed by atoms with Crippen LogP contribution in [0.5, 0.6) is 0 Å². The van der Waals surface area contributed by atoms with Gasteiger partial charge >= 0.3 is 5.97 Å². The average molecular weight is 278 g/mol. The van der Waals surface area contributed by atoms with Crippen LogP contribution in [0.15, 0.2) is 18.2 Å². The number of ether oxygens (including phenoxy) is 1. The number of nitrogens with one attached hydrogen (secondary N) is 1. The lowest BCUT2D eigenvalue weighted by molar-refractivity contribution is -0.145. The number of benzene rings is 1. The van der Waals surface area contributed by atoms with E-state index in [1.54, 1.807) is 0 Å². The van der Waals surface area contributed by atoms with Gasteiger partial charge < -0.3 is 10.1 Å². The summed E-state index contributed by atoms with van der Waals surface area (Å²) in [6.45, 7) is 0.941. The molecule has 0 aromatic heterocycles. The minimum atomic E-state index is -0.619. The first-order valence-electron chi connectivity index (χ1n) is 5.37. The topological polar surface area (TPSA) is 38.3 Å². The number of carbonyl (C=O) groups is 1. The van der Waals surface area contributed by atoms with Crippen molar-refractivity contribution in [3.05, 3.63) is 35.4 Å². The van der Waals surface area contributed by atoms with Crippen LogP contribution in [-0.2, 0) is 9.53 Å². The van der Waals surface area contributed by atoms with Gasteiger partial charge in [-0.1, -0.05) is 6.07 Å². The number of methoxy groups -OCH3 is 1. The Bertz CT molecular complexity index is 442. The first-order chi connectivity index (χ1) is 8.13. The van der Waals surface area contributed by atoms with Crippen molar-refractivity contribution in [3.8, 4) is 0 Å². The van der Waals surface area contributed by atoms with Gasteiger partial charge in [-0.3, -0.25) is 4.79 Å². The molecule has 1 saturated heterocycles. The predicted octanol–water partition coefficient (Wildman–Crippen LogP) is 1.86. The van der Waals surface area contributed by atoms with E-state index in [0.717, 1.165) is 6.07 Å². The number of esters is 1. The summed E-state index contributed by atoms with van der Waals surface area (Å²) >= 11 is 0. The third-order valence-corrected chi connectivity index (χ3v) is 3.08. The number of hydrogen-bond acceptors (Lipinski definition) is 3. The Kier molecular flexibility index (Phi) is 5.04. The molecule has 3 nitrogen and oxygen atoms in total. The van der Waals surface area contributed by atoms with Crippen molar-refractivity contribution in [2.24, 2.45) is 5.92 Å². The highest BCUT2D eigenvalue weighted by molar-refractivity contribution is 5.85. The predicted molar refractivity (Wildman–Crippen MR) is 64.7 cm³/mol. The van der Waals surface area contributed by atoms with Crippen molar-refractivity contribution < 1.29 is 18.3 Å². The van der Waals surface area contributed by atoms with E-state index in [9.17, 15) is 13.6 Å². The summed E-state index contributed by atoms with van der Waals surface area (Å²) in [4.78, 5) is 11.5. The molecule has 0 aliphatic carbocycles. The Morgan fingerprint density at radius 3 is 2.72 bits per heavy atom. The molecule has 0 saturated carbocycles. The van der Waals surface area contributed by atoms with Crippen LogP contribution in [-0.4, -0.2) is 26.2 Å². The fraction of sp³-hybridized carbons (Fsp3) is 0.417. The van der Waals surface area contributed by atoms with Crippen molar-refractivity contribution >= 4 is 18.4 Å². The lowest BCUT2D eigenvalue weighted by Gasteiger charge is -2.17. The molecular weight excluding hydrogens is 264 g/mol. The summed E-state index contributed by atoms with van der Waals surface area (Å²) < 4.78 is 31.1. The smallest absolute Gasteiger partial charge is 0.310 e. The number of hydrogen-bond donors (Lipinski definition) is 1. The van der Waals surface area contributed by atoms with E-state index in [2.05, 4.69) is 10.1 Å². The van der Waals surface area contributed by atoms with Crippen LogP contribution < -0.4 is 5.32 Å². The first-order valence-corrected chi connectivity index (χ1v) is 5.37. The minimum Gasteiger partial charge on any atom is -0.469 e. The first kappa shape index (κ1) is 14.9. The largest absolute Gasteiger partial charge is 0.469 e. The second-order valence-corrected chi connectivity index (χ2v) is 4.06. The Morgan fingerprint density at radius 2 is 2.11 bits per heavy atom. The van der Waals surface area contributed by atoms with Crippen LogP contribution in [0.3, 0.4) is 0 Å². The molecule has 1 aliphatic rings. The van der Waals surface area contributed by atoms with E-state index in [1.807, 2.05) is 0 Å². The van der Waals surface area contributed by atoms with Gasteiger partial charge in [0.1, 0.15) is 11.6 Å². The molecule has 0 spiro atoms. The summed E-state index contributed by atoms with van der Waals surface area (Å²) in [6, 6.07) is 3.42. The van der Waals surface area contributed by atoms with E-state index in [1.165, 1.54) is 19.2 Å². The van der Waals surface area contributed by atoms with E-state index in [0.29, 0.717) is 18.7 Å². The second-order valence-electron chi connectivity index (χ2n) is 4.06. The molecule has 2 rings (SSSR count). The molecule has 1 heterocycles. The highest BCUT2D eigenvalue weighted by atomic mass is 35.5. The zero-order valence-electron chi connectivity index (χ0n) is 9.78. The number of rotatable bonds is 2. The molecule has 0 amide bonds. The van der Waals surface area contributed by atoms with Gasteiger partial charge in [0.25, 0.3) is 0 Å². The number of carbonyl (C=O) groups excluding carboxylic acids is 1. The van der Waals surface area contributed by atoms with E-state index < -0.39 is 17.6 Å². The maximum Gasteiger partial charge on any atom is 0.310 e. The highest BCUT2D eigenvalue weighted by Crippen LogP contribution is 2.30. The van der Waals surface area contributed by atoms with Crippen LogP contribution in [0.1, 0.15) is 11.5 Å². The van der Waals surface area contributed by atoms with Gasteiger partial charge in [0.05, 0.1) is 13.0 Å². The van der Waals surface area contributed by atoms with Gasteiger partial charge in [0, 0.05) is 25.1 Å². The number of halogens is 3. The molecule has 1 aromatic rings. The van der Waals surface area contributed by atoms with Crippen molar-refractivity contribution in [3.63, 3.8) is 0 Å². The molecule has 1 fully saturated rings. The molecule has 0 bridgehead atoms. The summed E-state index contributed by atoms with van der Waals surface area (Å²) in [6.07, 6.45) is 0. The Labute approximate surface area is 110 Å². The Morgan fingerprint density at radius 1 is 1.39 bits per heavy atom. The van der Waals surface area contributed by atoms with E-state index in [4.69, 9.17) is 0 Å². The molecular formula is C12H14ClF2NO2.